The van der Waals surface area contributed by atoms with Crippen LogP contribution in [0.2, 0.25) is 0 Å². The zero-order valence-corrected chi connectivity index (χ0v) is 28.3. The Morgan fingerprint density at radius 1 is 0.600 bits per heavy atom. The van der Waals surface area contributed by atoms with E-state index in [1.54, 1.807) is 6.92 Å². The van der Waals surface area contributed by atoms with E-state index in [-0.39, 0.29) is 15.9 Å². The van der Waals surface area contributed by atoms with Gasteiger partial charge in [0.1, 0.15) is 0 Å². The van der Waals surface area contributed by atoms with Gasteiger partial charge in [0.2, 0.25) is 0 Å². The van der Waals surface area contributed by atoms with Crippen LogP contribution in [0.5, 0.6) is 0 Å². The van der Waals surface area contributed by atoms with Crippen molar-refractivity contribution >= 4 is 35.5 Å². The van der Waals surface area contributed by atoms with Crippen molar-refractivity contribution in [2.75, 3.05) is 0 Å². The van der Waals surface area contributed by atoms with Crippen molar-refractivity contribution < 1.29 is 19.8 Å². The van der Waals surface area contributed by atoms with E-state index in [2.05, 4.69) is 20.8 Å². The fourth-order valence-electron chi connectivity index (χ4n) is 6.59. The van der Waals surface area contributed by atoms with Crippen LogP contribution in [-0.2, 0) is 9.59 Å². The van der Waals surface area contributed by atoms with Gasteiger partial charge in [-0.15, -0.1) is 23.5 Å². The molecule has 0 saturated heterocycles. The number of hydrogen-bond acceptors (Lipinski definition) is 4. The molecular weight excluding hydrogens is 537 g/mol. The van der Waals surface area contributed by atoms with Crippen LogP contribution in [0.3, 0.4) is 0 Å². The zero-order valence-electron chi connectivity index (χ0n) is 26.7. The van der Waals surface area contributed by atoms with Crippen LogP contribution in [0.25, 0.3) is 0 Å². The minimum Gasteiger partial charge on any atom is -0.481 e. The van der Waals surface area contributed by atoms with Gasteiger partial charge in [-0.1, -0.05) is 136 Å². The average Bonchev–Trinajstić information content (AvgIpc) is 2.93. The lowest BCUT2D eigenvalue weighted by Crippen LogP contribution is -2.43. The molecule has 2 saturated carbocycles. The van der Waals surface area contributed by atoms with Crippen LogP contribution in [-0.4, -0.2) is 35.7 Å². The summed E-state index contributed by atoms with van der Waals surface area (Å²) in [4.78, 5) is 22.3. The van der Waals surface area contributed by atoms with Crippen LogP contribution in [0.15, 0.2) is 0 Å². The van der Waals surface area contributed by atoms with E-state index in [4.69, 9.17) is 5.11 Å². The maximum Gasteiger partial charge on any atom is 0.329 e. The number of carboxylic acid groups (broad SMARTS) is 2. The number of unbranched alkanes of at least 4 members (excludes halogenated alkanes) is 10. The molecule has 2 aliphatic rings. The van der Waals surface area contributed by atoms with E-state index in [0.717, 1.165) is 0 Å². The van der Waals surface area contributed by atoms with Crippen molar-refractivity contribution in [2.45, 2.75) is 202 Å². The number of rotatable bonds is 20. The summed E-state index contributed by atoms with van der Waals surface area (Å²) in [5, 5.41) is 18.3. The lowest BCUT2D eigenvalue weighted by Gasteiger charge is -2.46. The lowest BCUT2D eigenvalue weighted by molar-refractivity contribution is -0.137. The van der Waals surface area contributed by atoms with Crippen molar-refractivity contribution in [3.05, 3.63) is 0 Å². The molecule has 0 heterocycles. The summed E-state index contributed by atoms with van der Waals surface area (Å²) in [6.45, 7) is 8.25. The molecule has 2 N–H and O–H groups in total. The summed E-state index contributed by atoms with van der Waals surface area (Å²) >= 11 is 3.80. The predicted molar refractivity (Wildman–Crippen MR) is 177 cm³/mol. The van der Waals surface area contributed by atoms with Crippen LogP contribution in [0.1, 0.15) is 188 Å². The molecule has 0 radical (unpaired) electrons. The van der Waals surface area contributed by atoms with Crippen molar-refractivity contribution in [1.82, 2.24) is 0 Å². The highest BCUT2D eigenvalue weighted by Gasteiger charge is 2.49. The molecule has 0 atom stereocenters. The van der Waals surface area contributed by atoms with E-state index < -0.39 is 16.0 Å². The zero-order chi connectivity index (χ0) is 29.7. The summed E-state index contributed by atoms with van der Waals surface area (Å²) in [5.41, 5.74) is 0. The largest absolute Gasteiger partial charge is 0.481 e. The first-order valence-corrected chi connectivity index (χ1v) is 18.7. The molecule has 2 rings (SSSR count). The molecule has 40 heavy (non-hydrogen) atoms. The molecule has 2 fully saturated rings. The Morgan fingerprint density at radius 3 is 1.23 bits per heavy atom. The second-order valence-electron chi connectivity index (χ2n) is 12.7. The highest BCUT2D eigenvalue weighted by atomic mass is 32.2. The van der Waals surface area contributed by atoms with Gasteiger partial charge in [0, 0.05) is 15.9 Å². The summed E-state index contributed by atoms with van der Waals surface area (Å²) in [7, 11) is 0. The van der Waals surface area contributed by atoms with E-state index in [9.17, 15) is 14.7 Å². The van der Waals surface area contributed by atoms with E-state index >= 15 is 0 Å². The molecule has 236 valence electrons. The molecule has 0 aromatic rings. The van der Waals surface area contributed by atoms with Gasteiger partial charge < -0.3 is 10.2 Å². The van der Waals surface area contributed by atoms with Crippen LogP contribution in [0, 0.1) is 0 Å². The normalized spacial score (nSPS) is 18.5. The summed E-state index contributed by atoms with van der Waals surface area (Å²) in [6.07, 6.45) is 31.3. The smallest absolute Gasteiger partial charge is 0.329 e. The Hall–Kier alpha value is -0.360. The fourth-order valence-corrected chi connectivity index (χ4v) is 11.1. The van der Waals surface area contributed by atoms with E-state index in [1.165, 1.54) is 154 Å². The van der Waals surface area contributed by atoms with Gasteiger partial charge in [-0.3, -0.25) is 4.79 Å². The van der Waals surface area contributed by atoms with Crippen molar-refractivity contribution in [2.24, 2.45) is 0 Å². The Labute approximate surface area is 256 Å². The minimum absolute atomic E-state index is 0.180. The SMILES string of the molecule is CCC(=O)O.CCCCCCCCC1(SC(C)(SC2(CCCCCCCC)CCCCC2)C(=O)O)CCCCC1. The summed E-state index contributed by atoms with van der Waals surface area (Å²) in [5.74, 6) is -1.32. The van der Waals surface area contributed by atoms with Gasteiger partial charge in [0.25, 0.3) is 0 Å². The van der Waals surface area contributed by atoms with Crippen LogP contribution >= 0.6 is 23.5 Å². The third kappa shape index (κ3) is 15.2. The molecule has 4 nitrogen and oxygen atoms in total. The number of carbonyl (C=O) groups is 2. The highest BCUT2D eigenvalue weighted by Crippen LogP contribution is 2.58. The van der Waals surface area contributed by atoms with Crippen LogP contribution in [0.4, 0.5) is 0 Å². The quantitative estimate of drug-likeness (QED) is 0.107. The molecule has 0 unspecified atom stereocenters. The molecule has 0 spiro atoms. The molecular formula is C34H64O4S2. The number of carboxylic acids is 2. The molecule has 2 aliphatic carbocycles. The Kier molecular flexibility index (Phi) is 20.1. The third-order valence-electron chi connectivity index (χ3n) is 9.01. The Balaban J connectivity index is 0.00000146. The third-order valence-corrected chi connectivity index (χ3v) is 12.7. The molecule has 0 aromatic carbocycles. The molecule has 0 amide bonds. The minimum atomic E-state index is -0.745. The number of hydrogen-bond donors (Lipinski definition) is 2. The molecule has 0 bridgehead atoms. The van der Waals surface area contributed by atoms with Crippen molar-refractivity contribution in [3.8, 4) is 0 Å². The Morgan fingerprint density at radius 2 is 0.925 bits per heavy atom. The molecule has 0 aliphatic heterocycles. The number of aliphatic carboxylic acids is 2. The maximum atomic E-state index is 12.9. The molecule has 6 heteroatoms. The fraction of sp³-hybridized carbons (Fsp3) is 0.941. The van der Waals surface area contributed by atoms with E-state index in [1.807, 2.05) is 23.5 Å². The molecule has 0 aromatic heterocycles. The van der Waals surface area contributed by atoms with Gasteiger partial charge in [-0.25, -0.2) is 4.79 Å². The van der Waals surface area contributed by atoms with Gasteiger partial charge in [-0.05, 0) is 45.4 Å². The van der Waals surface area contributed by atoms with Crippen molar-refractivity contribution in [1.29, 1.82) is 0 Å². The topological polar surface area (TPSA) is 74.6 Å². The standard InChI is InChI=1S/C31H58O2S2.C3H6O2/c1-4-6-8-10-12-16-22-30(24-18-14-19-25-30)34-29(3,28(32)33)35-31(26-20-15-21-27-31)23-17-13-11-9-7-5-2;1-2-3(4)5/h4-27H2,1-3H3,(H,32,33);2H2,1H3,(H,4,5). The first-order chi connectivity index (χ1) is 19.2. The number of thioether (sulfide) groups is 2. The first kappa shape index (κ1) is 37.7. The van der Waals surface area contributed by atoms with Crippen LogP contribution < -0.4 is 0 Å². The van der Waals surface area contributed by atoms with Gasteiger partial charge in [-0.2, -0.15) is 0 Å². The highest BCUT2D eigenvalue weighted by molar-refractivity contribution is 8.20. The summed E-state index contributed by atoms with van der Waals surface area (Å²) in [6, 6.07) is 0. The second kappa shape index (κ2) is 21.3. The second-order valence-corrected chi connectivity index (χ2v) is 16.8. The Bertz CT molecular complexity index is 629. The van der Waals surface area contributed by atoms with Gasteiger partial charge >= 0.3 is 11.9 Å². The van der Waals surface area contributed by atoms with Gasteiger partial charge in [0.15, 0.2) is 4.08 Å². The maximum absolute atomic E-state index is 12.9. The van der Waals surface area contributed by atoms with Gasteiger partial charge in [0.05, 0.1) is 0 Å². The summed E-state index contributed by atoms with van der Waals surface area (Å²) < 4.78 is -0.364. The predicted octanol–water partition coefficient (Wildman–Crippen LogP) is 11.6. The monoisotopic (exact) mass is 600 g/mol. The first-order valence-electron chi connectivity index (χ1n) is 17.0. The van der Waals surface area contributed by atoms with E-state index in [0.29, 0.717) is 0 Å². The lowest BCUT2D eigenvalue weighted by atomic mass is 9.84. The van der Waals surface area contributed by atoms with Crippen molar-refractivity contribution in [3.63, 3.8) is 0 Å². The average molecular weight is 601 g/mol.